The molecule has 0 saturated heterocycles. The first kappa shape index (κ1) is 24.5. The number of unbranched alkanes of at least 4 members (excludes halogenated alkanes) is 3. The maximum atomic E-state index is 12.9. The monoisotopic (exact) mass is 491 g/mol. The van der Waals surface area contributed by atoms with Crippen molar-refractivity contribution in [3.63, 3.8) is 0 Å². The molecule has 4 aromatic rings. The molecule has 4 rings (SSSR count). The molecular weight excluding hydrogens is 462 g/mol. The van der Waals surface area contributed by atoms with E-state index in [-0.39, 0.29) is 5.56 Å². The second-order valence-electron chi connectivity index (χ2n) is 7.99. The Bertz CT molecular complexity index is 1390. The molecule has 0 amide bonds. The number of ether oxygens (including phenoxy) is 3. The number of hydrogen-bond donors (Lipinski definition) is 0. The van der Waals surface area contributed by atoms with E-state index in [9.17, 15) is 4.79 Å². The van der Waals surface area contributed by atoms with Gasteiger partial charge in [0.15, 0.2) is 17.3 Å². The van der Waals surface area contributed by atoms with E-state index in [4.69, 9.17) is 14.2 Å². The summed E-state index contributed by atoms with van der Waals surface area (Å²) in [5.74, 6) is 2.54. The molecular formula is C27H29N3O4S. The van der Waals surface area contributed by atoms with Gasteiger partial charge >= 0.3 is 0 Å². The van der Waals surface area contributed by atoms with Crippen LogP contribution in [-0.4, -0.2) is 34.9 Å². The van der Waals surface area contributed by atoms with Crippen LogP contribution >= 0.6 is 11.3 Å². The van der Waals surface area contributed by atoms with Crippen LogP contribution in [0.4, 0.5) is 0 Å². The summed E-state index contributed by atoms with van der Waals surface area (Å²) in [4.78, 5) is 18.1. The molecule has 2 aromatic heterocycles. The predicted octanol–water partition coefficient (Wildman–Crippen LogP) is 4.90. The molecule has 0 unspecified atom stereocenters. The first-order chi connectivity index (χ1) is 17.1. The van der Waals surface area contributed by atoms with Crippen LogP contribution < -0.4 is 24.3 Å². The number of aromatic nitrogens is 3. The fourth-order valence-electron chi connectivity index (χ4n) is 3.57. The summed E-state index contributed by atoms with van der Waals surface area (Å²) in [5.41, 5.74) is 1.45. The Hall–Kier alpha value is -3.65. The van der Waals surface area contributed by atoms with E-state index in [1.165, 1.54) is 35.1 Å². The smallest absolute Gasteiger partial charge is 0.291 e. The fraction of sp³-hybridized carbons (Fsp3) is 0.296. The van der Waals surface area contributed by atoms with Crippen molar-refractivity contribution in [3.8, 4) is 28.6 Å². The number of fused-ring (bicyclic) bond motifs is 1. The van der Waals surface area contributed by atoms with Gasteiger partial charge in [-0.1, -0.05) is 56.2 Å². The molecule has 0 saturated carbocycles. The Balaban J connectivity index is 1.51. The van der Waals surface area contributed by atoms with E-state index >= 15 is 0 Å². The highest BCUT2D eigenvalue weighted by molar-refractivity contribution is 7.15. The van der Waals surface area contributed by atoms with Gasteiger partial charge < -0.3 is 14.2 Å². The molecule has 0 radical (unpaired) electrons. The Labute approximate surface area is 208 Å². The minimum Gasteiger partial charge on any atom is -0.494 e. The molecule has 7 nitrogen and oxygen atoms in total. The van der Waals surface area contributed by atoms with E-state index < -0.39 is 0 Å². The van der Waals surface area contributed by atoms with Crippen molar-refractivity contribution in [1.29, 1.82) is 0 Å². The van der Waals surface area contributed by atoms with Crippen LogP contribution in [0.15, 0.2) is 59.9 Å². The molecule has 2 heterocycles. The molecule has 0 aliphatic rings. The molecule has 0 atom stereocenters. The van der Waals surface area contributed by atoms with Gasteiger partial charge in [-0.2, -0.15) is 9.50 Å². The van der Waals surface area contributed by atoms with Gasteiger partial charge in [-0.15, -0.1) is 5.10 Å². The van der Waals surface area contributed by atoms with Gasteiger partial charge in [0.05, 0.1) is 18.2 Å². The highest BCUT2D eigenvalue weighted by Gasteiger charge is 2.13. The number of thiazole rings is 1. The topological polar surface area (TPSA) is 75.0 Å². The standard InChI is InChI=1S/C27H29N3O4S/c1-4-6-7-8-16-33-21-12-10-20(11-13-21)25-28-27-30(29-25)26(31)24(35-27)18-19-9-14-22(34-15-5-2)23(17-19)32-3/h5,9-14,17-18H,2,4,6-8,15-16H2,1,3H3. The highest BCUT2D eigenvalue weighted by atomic mass is 32.1. The minimum absolute atomic E-state index is 0.207. The molecule has 182 valence electrons. The molecule has 0 aliphatic heterocycles. The number of nitrogens with zero attached hydrogens (tertiary/aromatic N) is 3. The number of benzene rings is 2. The minimum atomic E-state index is -0.207. The lowest BCUT2D eigenvalue weighted by molar-refractivity contribution is 0.305. The molecule has 0 fully saturated rings. The Kier molecular flexibility index (Phi) is 8.15. The Morgan fingerprint density at radius 3 is 2.60 bits per heavy atom. The maximum absolute atomic E-state index is 12.9. The third kappa shape index (κ3) is 5.89. The Morgan fingerprint density at radius 1 is 1.06 bits per heavy atom. The molecule has 35 heavy (non-hydrogen) atoms. The van der Waals surface area contributed by atoms with E-state index in [2.05, 4.69) is 23.6 Å². The van der Waals surface area contributed by atoms with Crippen LogP contribution in [-0.2, 0) is 0 Å². The largest absolute Gasteiger partial charge is 0.494 e. The second kappa shape index (κ2) is 11.7. The quantitative estimate of drug-likeness (QED) is 0.207. The molecule has 2 aromatic carbocycles. The van der Waals surface area contributed by atoms with Gasteiger partial charge in [-0.05, 0) is 54.5 Å². The van der Waals surface area contributed by atoms with Crippen molar-refractivity contribution in [1.82, 2.24) is 14.6 Å². The maximum Gasteiger partial charge on any atom is 0.291 e. The third-order valence-electron chi connectivity index (χ3n) is 5.40. The first-order valence-electron chi connectivity index (χ1n) is 11.7. The third-order valence-corrected chi connectivity index (χ3v) is 6.36. The second-order valence-corrected chi connectivity index (χ2v) is 9.00. The average Bonchev–Trinajstić information content (AvgIpc) is 3.42. The van der Waals surface area contributed by atoms with Crippen LogP contribution in [0.2, 0.25) is 0 Å². The van der Waals surface area contributed by atoms with Gasteiger partial charge in [0.1, 0.15) is 12.4 Å². The molecule has 0 bridgehead atoms. The fourth-order valence-corrected chi connectivity index (χ4v) is 4.48. The van der Waals surface area contributed by atoms with Crippen LogP contribution in [0, 0.1) is 0 Å². The summed E-state index contributed by atoms with van der Waals surface area (Å²) in [6.07, 6.45) is 8.16. The Morgan fingerprint density at radius 2 is 1.89 bits per heavy atom. The van der Waals surface area contributed by atoms with Crippen molar-refractivity contribution in [3.05, 3.63) is 75.6 Å². The molecule has 0 N–H and O–H groups in total. The van der Waals surface area contributed by atoms with Crippen LogP contribution in [0.1, 0.15) is 38.2 Å². The molecule has 0 aliphatic carbocycles. The van der Waals surface area contributed by atoms with Gasteiger partial charge in [0.25, 0.3) is 5.56 Å². The summed E-state index contributed by atoms with van der Waals surface area (Å²) >= 11 is 1.30. The van der Waals surface area contributed by atoms with Crippen LogP contribution in [0.3, 0.4) is 0 Å². The lowest BCUT2D eigenvalue weighted by Gasteiger charge is -2.09. The first-order valence-corrected chi connectivity index (χ1v) is 12.5. The van der Waals surface area contributed by atoms with Gasteiger partial charge in [0.2, 0.25) is 4.96 Å². The zero-order valence-corrected chi connectivity index (χ0v) is 20.8. The van der Waals surface area contributed by atoms with Crippen molar-refractivity contribution in [2.24, 2.45) is 0 Å². The SMILES string of the molecule is C=CCOc1ccc(C=c2sc3nc(-c4ccc(OCCCCCC)cc4)nn3c2=O)cc1OC. The highest BCUT2D eigenvalue weighted by Crippen LogP contribution is 2.28. The number of methoxy groups -OCH3 is 1. The molecule has 0 spiro atoms. The normalized spacial score (nSPS) is 11.7. The molecule has 8 heteroatoms. The van der Waals surface area contributed by atoms with Crippen LogP contribution in [0.25, 0.3) is 22.4 Å². The van der Waals surface area contributed by atoms with E-state index in [1.807, 2.05) is 42.5 Å². The van der Waals surface area contributed by atoms with Gasteiger partial charge in [-0.25, -0.2) is 0 Å². The van der Waals surface area contributed by atoms with E-state index in [1.54, 1.807) is 19.3 Å². The predicted molar refractivity (Wildman–Crippen MR) is 140 cm³/mol. The summed E-state index contributed by atoms with van der Waals surface area (Å²) in [6, 6.07) is 13.2. The van der Waals surface area contributed by atoms with Gasteiger partial charge in [-0.3, -0.25) is 4.79 Å². The summed E-state index contributed by atoms with van der Waals surface area (Å²) in [5, 5.41) is 4.44. The van der Waals surface area contributed by atoms with Crippen molar-refractivity contribution >= 4 is 22.4 Å². The lowest BCUT2D eigenvalue weighted by Crippen LogP contribution is -2.23. The van der Waals surface area contributed by atoms with Crippen LogP contribution in [0.5, 0.6) is 17.2 Å². The van der Waals surface area contributed by atoms with E-state index in [0.29, 0.717) is 40.0 Å². The van der Waals surface area contributed by atoms with Crippen molar-refractivity contribution in [2.75, 3.05) is 20.3 Å². The van der Waals surface area contributed by atoms with Crippen molar-refractivity contribution in [2.45, 2.75) is 32.6 Å². The summed E-state index contributed by atoms with van der Waals surface area (Å²) in [7, 11) is 1.58. The number of hydrogen-bond acceptors (Lipinski definition) is 7. The van der Waals surface area contributed by atoms with Crippen molar-refractivity contribution < 1.29 is 14.2 Å². The summed E-state index contributed by atoms with van der Waals surface area (Å²) in [6.45, 7) is 6.95. The zero-order chi connectivity index (χ0) is 24.6. The van der Waals surface area contributed by atoms with Gasteiger partial charge in [0, 0.05) is 5.56 Å². The lowest BCUT2D eigenvalue weighted by atomic mass is 10.2. The summed E-state index contributed by atoms with van der Waals surface area (Å²) < 4.78 is 18.7. The zero-order valence-electron chi connectivity index (χ0n) is 20.0. The average molecular weight is 492 g/mol. The number of rotatable bonds is 12. The van der Waals surface area contributed by atoms with E-state index in [0.717, 1.165) is 23.3 Å².